The molecule has 0 aromatic carbocycles. The molecule has 0 aliphatic carbocycles. The Morgan fingerprint density at radius 3 is 2.88 bits per heavy atom. The minimum atomic E-state index is 0. The van der Waals surface area contributed by atoms with Crippen LogP contribution in [0.15, 0.2) is 12.3 Å². The van der Waals surface area contributed by atoms with Crippen molar-refractivity contribution in [3.05, 3.63) is 23.9 Å². The van der Waals surface area contributed by atoms with Crippen LogP contribution in [0, 0.1) is 18.9 Å². The van der Waals surface area contributed by atoms with E-state index >= 15 is 0 Å². The molecule has 1 aromatic heterocycles. The predicted octanol–water partition coefficient (Wildman–Crippen LogP) is 2.34. The summed E-state index contributed by atoms with van der Waals surface area (Å²) >= 11 is 0. The summed E-state index contributed by atoms with van der Waals surface area (Å²) in [6.45, 7) is 4.93. The zero-order valence-corrected chi connectivity index (χ0v) is 13.3. The molecule has 89 valence electrons. The van der Waals surface area contributed by atoms with Gasteiger partial charge in [-0.1, -0.05) is 20.0 Å². The van der Waals surface area contributed by atoms with Crippen molar-refractivity contribution in [3.63, 3.8) is 0 Å². The smallest absolute Gasteiger partial charge is 0.217 e. The second kappa shape index (κ2) is 6.60. The van der Waals surface area contributed by atoms with Crippen molar-refractivity contribution in [2.24, 2.45) is 5.92 Å². The first-order chi connectivity index (χ1) is 7.66. The van der Waals surface area contributed by atoms with Crippen LogP contribution in [0.1, 0.15) is 31.7 Å². The van der Waals surface area contributed by atoms with E-state index in [2.05, 4.69) is 18.0 Å². The van der Waals surface area contributed by atoms with E-state index in [1.807, 2.05) is 13.0 Å². The minimum Gasteiger partial charge on any atom is -0.367 e. The second-order valence-corrected chi connectivity index (χ2v) is 4.57. The van der Waals surface area contributed by atoms with Crippen LogP contribution in [-0.2, 0) is 37.5 Å². The largest absolute Gasteiger partial charge is 0.367 e. The van der Waals surface area contributed by atoms with Crippen molar-refractivity contribution in [2.75, 3.05) is 11.4 Å². The van der Waals surface area contributed by atoms with Gasteiger partial charge in [-0.05, 0) is 18.8 Å². The predicted molar refractivity (Wildman–Crippen MR) is 63.2 cm³/mol. The van der Waals surface area contributed by atoms with Crippen LogP contribution in [0.4, 0.5) is 5.82 Å². The van der Waals surface area contributed by atoms with E-state index < -0.39 is 0 Å². The number of nitrogens with zero attached hydrogens (tertiary/aromatic N) is 2. The molecule has 1 unspecified atom stereocenters. The molecular weight excluding hydrogens is 289 g/mol. The van der Waals surface area contributed by atoms with Crippen LogP contribution >= 0.6 is 0 Å². The number of aryl methyl sites for hydroxylation is 1. The van der Waals surface area contributed by atoms with Crippen LogP contribution < -0.4 is 4.90 Å². The number of carbonyl (C=O) groups is 1. The Hall–Kier alpha value is -0.276. The Kier molecular flexibility index (Phi) is 5.74. The number of amides is 1. The Morgan fingerprint density at radius 1 is 1.47 bits per heavy atom. The first-order valence-corrected chi connectivity index (χ1v) is 5.81. The number of rotatable bonds is 1. The molecule has 0 spiro atoms. The fraction of sp³-hybridized carbons (Fsp3) is 0.538. The standard InChI is InChI=1S/C13H17N2O.Y/c1-10-4-6-13(16)15(8-7-10)12-5-3-11(2)9-14-12;/h5,9-10H,4,6-8H2,1-2H3;/q-1;. The number of carbonyl (C=O) groups excluding carboxylic acids is 1. The van der Waals surface area contributed by atoms with E-state index in [0.29, 0.717) is 12.3 Å². The normalized spacial score (nSPS) is 20.7. The molecule has 0 bridgehead atoms. The molecule has 1 aliphatic rings. The summed E-state index contributed by atoms with van der Waals surface area (Å²) in [6, 6.07) is 4.90. The van der Waals surface area contributed by atoms with Crippen LogP contribution in [0.2, 0.25) is 0 Å². The fourth-order valence-electron chi connectivity index (χ4n) is 1.93. The Labute approximate surface area is 128 Å². The molecule has 1 radical (unpaired) electrons. The van der Waals surface area contributed by atoms with Crippen molar-refractivity contribution in [1.29, 1.82) is 0 Å². The zero-order valence-electron chi connectivity index (χ0n) is 10.4. The van der Waals surface area contributed by atoms with Gasteiger partial charge in [0.05, 0.1) is 0 Å². The number of anilines is 1. The van der Waals surface area contributed by atoms with Crippen LogP contribution in [0.5, 0.6) is 0 Å². The number of hydrogen-bond donors (Lipinski definition) is 0. The van der Waals surface area contributed by atoms with E-state index in [-0.39, 0.29) is 38.6 Å². The third kappa shape index (κ3) is 3.85. The van der Waals surface area contributed by atoms with Gasteiger partial charge in [0.15, 0.2) is 0 Å². The number of aromatic nitrogens is 1. The summed E-state index contributed by atoms with van der Waals surface area (Å²) in [4.78, 5) is 18.0. The Balaban J connectivity index is 0.00000144. The molecular formula is C13H17N2OY-. The first-order valence-electron chi connectivity index (χ1n) is 5.81. The molecule has 17 heavy (non-hydrogen) atoms. The molecule has 1 aliphatic heterocycles. The van der Waals surface area contributed by atoms with Gasteiger partial charge >= 0.3 is 0 Å². The maximum absolute atomic E-state index is 11.9. The van der Waals surface area contributed by atoms with Gasteiger partial charge in [-0.15, -0.1) is 11.6 Å². The van der Waals surface area contributed by atoms with Gasteiger partial charge < -0.3 is 9.88 Å². The summed E-state index contributed by atoms with van der Waals surface area (Å²) in [6.07, 6.45) is 4.44. The average Bonchev–Trinajstić information content (AvgIpc) is 2.44. The van der Waals surface area contributed by atoms with Gasteiger partial charge in [-0.3, -0.25) is 4.79 Å². The third-order valence-corrected chi connectivity index (χ3v) is 3.09. The van der Waals surface area contributed by atoms with Gasteiger partial charge in [0.1, 0.15) is 0 Å². The number of pyridine rings is 1. The molecule has 1 amide bonds. The second-order valence-electron chi connectivity index (χ2n) is 4.57. The van der Waals surface area contributed by atoms with Crippen LogP contribution in [-0.4, -0.2) is 17.4 Å². The van der Waals surface area contributed by atoms with Crippen molar-refractivity contribution >= 4 is 11.7 Å². The van der Waals surface area contributed by atoms with Crippen molar-refractivity contribution in [1.82, 2.24) is 4.98 Å². The van der Waals surface area contributed by atoms with Crippen molar-refractivity contribution in [3.8, 4) is 0 Å². The van der Waals surface area contributed by atoms with Gasteiger partial charge in [-0.2, -0.15) is 6.07 Å². The van der Waals surface area contributed by atoms with Gasteiger partial charge in [0, 0.05) is 51.5 Å². The van der Waals surface area contributed by atoms with E-state index in [0.717, 1.165) is 30.8 Å². The molecule has 1 saturated heterocycles. The van der Waals surface area contributed by atoms with E-state index in [9.17, 15) is 4.79 Å². The fourth-order valence-corrected chi connectivity index (χ4v) is 1.93. The molecule has 4 heteroatoms. The Morgan fingerprint density at radius 2 is 2.24 bits per heavy atom. The van der Waals surface area contributed by atoms with Crippen molar-refractivity contribution < 1.29 is 37.5 Å². The third-order valence-electron chi connectivity index (χ3n) is 3.09. The molecule has 0 saturated carbocycles. The van der Waals surface area contributed by atoms with E-state index in [1.165, 1.54) is 0 Å². The summed E-state index contributed by atoms with van der Waals surface area (Å²) in [5, 5.41) is 0. The molecule has 1 fully saturated rings. The summed E-state index contributed by atoms with van der Waals surface area (Å²) < 4.78 is 0. The molecule has 2 heterocycles. The van der Waals surface area contributed by atoms with Gasteiger partial charge in [0.2, 0.25) is 5.91 Å². The quantitative estimate of drug-likeness (QED) is 0.746. The van der Waals surface area contributed by atoms with Crippen LogP contribution in [0.3, 0.4) is 0 Å². The van der Waals surface area contributed by atoms with E-state index in [4.69, 9.17) is 0 Å². The molecule has 0 N–H and O–H groups in total. The van der Waals surface area contributed by atoms with Gasteiger partial charge in [0.25, 0.3) is 0 Å². The zero-order chi connectivity index (χ0) is 11.5. The SMILES string of the molecule is Cc1[c-]cc(N2CCC(C)CCC2=O)nc1.[Y]. The first kappa shape index (κ1) is 14.8. The summed E-state index contributed by atoms with van der Waals surface area (Å²) in [5.41, 5.74) is 0.999. The molecule has 2 rings (SSSR count). The molecule has 3 nitrogen and oxygen atoms in total. The summed E-state index contributed by atoms with van der Waals surface area (Å²) in [7, 11) is 0. The minimum absolute atomic E-state index is 0. The maximum Gasteiger partial charge on any atom is 0.217 e. The monoisotopic (exact) mass is 306 g/mol. The van der Waals surface area contributed by atoms with Crippen molar-refractivity contribution in [2.45, 2.75) is 33.1 Å². The van der Waals surface area contributed by atoms with Gasteiger partial charge in [-0.25, -0.2) is 0 Å². The van der Waals surface area contributed by atoms with E-state index in [1.54, 1.807) is 11.1 Å². The van der Waals surface area contributed by atoms with Crippen LogP contribution in [0.25, 0.3) is 0 Å². The molecule has 1 aromatic rings. The molecule has 1 atom stereocenters. The maximum atomic E-state index is 11.9. The number of hydrogen-bond acceptors (Lipinski definition) is 2. The Bertz CT molecular complexity index is 378. The average molecular weight is 306 g/mol. The summed E-state index contributed by atoms with van der Waals surface area (Å²) in [5.74, 6) is 1.56. The topological polar surface area (TPSA) is 33.2 Å².